The smallest absolute Gasteiger partial charge is 0.411 e. The molecule has 2 aromatic carbocycles. The van der Waals surface area contributed by atoms with Gasteiger partial charge in [0.25, 0.3) is 0 Å². The molecule has 1 aliphatic rings. The monoisotopic (exact) mass is 450 g/mol. The lowest BCUT2D eigenvalue weighted by Gasteiger charge is -2.14. The molecule has 2 amide bonds. The van der Waals surface area contributed by atoms with E-state index in [1.54, 1.807) is 0 Å². The van der Waals surface area contributed by atoms with E-state index in [0.717, 1.165) is 22.3 Å². The molecule has 0 saturated heterocycles. The predicted molar refractivity (Wildman–Crippen MR) is 118 cm³/mol. The van der Waals surface area contributed by atoms with Crippen molar-refractivity contribution in [3.8, 4) is 11.1 Å². The molecule has 4 rings (SSSR count). The minimum atomic E-state index is -1.40. The van der Waals surface area contributed by atoms with Crippen molar-refractivity contribution >= 4 is 23.7 Å². The number of carbonyl (C=O) groups excluding carboxylic acids is 2. The fourth-order valence-corrected chi connectivity index (χ4v) is 3.84. The average Bonchev–Trinajstić information content (AvgIpc) is 3.37. The fraction of sp³-hybridized carbons (Fsp3) is 0.217. The zero-order chi connectivity index (χ0) is 23.4. The third kappa shape index (κ3) is 4.85. The van der Waals surface area contributed by atoms with Crippen molar-refractivity contribution in [2.45, 2.75) is 18.5 Å². The van der Waals surface area contributed by atoms with E-state index < -0.39 is 30.6 Å². The first-order valence-electron chi connectivity index (χ1n) is 10.2. The second-order valence-electron chi connectivity index (χ2n) is 7.52. The molecule has 1 aromatic heterocycles. The third-order valence-corrected chi connectivity index (χ3v) is 5.34. The van der Waals surface area contributed by atoms with Crippen LogP contribution in [0.4, 0.5) is 10.5 Å². The summed E-state index contributed by atoms with van der Waals surface area (Å²) >= 11 is 0. The van der Waals surface area contributed by atoms with Gasteiger partial charge < -0.3 is 20.3 Å². The highest BCUT2D eigenvalue weighted by atomic mass is 16.5. The number of aliphatic hydroxyl groups excluding tert-OH is 1. The number of nitrogens with one attached hydrogen (secondary N) is 2. The molecular weight excluding hydrogens is 428 g/mol. The molecule has 0 bridgehead atoms. The van der Waals surface area contributed by atoms with Crippen LogP contribution in [0.3, 0.4) is 0 Å². The lowest BCUT2D eigenvalue weighted by atomic mass is 9.98. The Kier molecular flexibility index (Phi) is 6.36. The van der Waals surface area contributed by atoms with Crippen molar-refractivity contribution < 1.29 is 29.3 Å². The zero-order valence-corrected chi connectivity index (χ0v) is 17.5. The number of hydrogen-bond donors (Lipinski definition) is 4. The van der Waals surface area contributed by atoms with E-state index >= 15 is 0 Å². The highest BCUT2D eigenvalue weighted by Gasteiger charge is 2.29. The number of anilines is 1. The number of benzene rings is 2. The van der Waals surface area contributed by atoms with Gasteiger partial charge in [0.2, 0.25) is 5.91 Å². The Hall–Kier alpha value is -4.18. The summed E-state index contributed by atoms with van der Waals surface area (Å²) in [4.78, 5) is 35.1. The quantitative estimate of drug-likeness (QED) is 0.410. The van der Waals surface area contributed by atoms with Gasteiger partial charge in [-0.2, -0.15) is 5.10 Å². The second kappa shape index (κ2) is 9.53. The number of nitrogens with zero attached hydrogens (tertiary/aromatic N) is 2. The summed E-state index contributed by atoms with van der Waals surface area (Å²) in [5, 5.41) is 26.5. The lowest BCUT2D eigenvalue weighted by molar-refractivity contribution is -0.143. The summed E-state index contributed by atoms with van der Waals surface area (Å²) in [5.41, 5.74) is 4.79. The summed E-state index contributed by atoms with van der Waals surface area (Å²) in [6.07, 6.45) is 2.10. The van der Waals surface area contributed by atoms with Crippen LogP contribution in [0.5, 0.6) is 0 Å². The molecule has 10 nitrogen and oxygen atoms in total. The van der Waals surface area contributed by atoms with E-state index in [1.165, 1.54) is 17.1 Å². The van der Waals surface area contributed by atoms with Gasteiger partial charge in [0.1, 0.15) is 19.2 Å². The first-order chi connectivity index (χ1) is 16.0. The van der Waals surface area contributed by atoms with Crippen LogP contribution >= 0.6 is 0 Å². The van der Waals surface area contributed by atoms with Crippen LogP contribution in [0.2, 0.25) is 0 Å². The molecule has 10 heteroatoms. The normalized spacial score (nSPS) is 13.0. The number of carboxylic acids is 1. The highest BCUT2D eigenvalue weighted by Crippen LogP contribution is 2.44. The van der Waals surface area contributed by atoms with Crippen LogP contribution < -0.4 is 10.6 Å². The Morgan fingerprint density at radius 1 is 1.06 bits per heavy atom. The Balaban J connectivity index is 1.33. The largest absolute Gasteiger partial charge is 0.480 e. The number of carboxylic acid groups (broad SMARTS) is 1. The number of carbonyl (C=O) groups is 3. The molecule has 1 unspecified atom stereocenters. The number of rotatable bonds is 8. The average molecular weight is 450 g/mol. The number of ether oxygens (including phenoxy) is 1. The van der Waals surface area contributed by atoms with Gasteiger partial charge in [-0.15, -0.1) is 0 Å². The third-order valence-electron chi connectivity index (χ3n) is 5.34. The Morgan fingerprint density at radius 3 is 2.30 bits per heavy atom. The molecule has 0 aliphatic heterocycles. The van der Waals surface area contributed by atoms with Gasteiger partial charge in [0.15, 0.2) is 0 Å². The maximum absolute atomic E-state index is 12.3. The number of aliphatic hydroxyl groups is 1. The lowest BCUT2D eigenvalue weighted by Crippen LogP contribution is -2.44. The maximum Gasteiger partial charge on any atom is 0.411 e. The van der Waals surface area contributed by atoms with E-state index in [2.05, 4.69) is 27.9 Å². The summed E-state index contributed by atoms with van der Waals surface area (Å²) in [6, 6.07) is 14.7. The van der Waals surface area contributed by atoms with Crippen molar-refractivity contribution in [3.05, 3.63) is 72.1 Å². The standard InChI is InChI=1S/C23H22N4O6/c28-12-20(22(30)31)26-21(29)11-27-10-14(9-24-27)25-23(32)33-13-19-17-7-3-1-5-15(17)16-6-2-4-8-18(16)19/h1-10,19-20,28H,11-13H2,(H,25,32)(H,26,29)(H,30,31). The summed E-state index contributed by atoms with van der Waals surface area (Å²) in [5.74, 6) is -2.06. The number of hydrogen-bond acceptors (Lipinski definition) is 6. The maximum atomic E-state index is 12.3. The minimum Gasteiger partial charge on any atom is -0.480 e. The molecule has 0 radical (unpaired) electrons. The summed E-state index contributed by atoms with van der Waals surface area (Å²) in [7, 11) is 0. The summed E-state index contributed by atoms with van der Waals surface area (Å²) < 4.78 is 6.69. The Morgan fingerprint density at radius 2 is 1.70 bits per heavy atom. The Labute approximate surface area is 188 Å². The van der Waals surface area contributed by atoms with E-state index in [0.29, 0.717) is 5.69 Å². The number of aliphatic carboxylic acids is 1. The van der Waals surface area contributed by atoms with Gasteiger partial charge in [-0.05, 0) is 22.3 Å². The van der Waals surface area contributed by atoms with Crippen LogP contribution in [0.25, 0.3) is 11.1 Å². The molecule has 0 fully saturated rings. The molecule has 1 atom stereocenters. The fourth-order valence-electron chi connectivity index (χ4n) is 3.84. The van der Waals surface area contributed by atoms with Crippen LogP contribution in [-0.4, -0.2) is 57.2 Å². The molecule has 0 saturated carbocycles. The van der Waals surface area contributed by atoms with Gasteiger partial charge in [0.05, 0.1) is 18.5 Å². The van der Waals surface area contributed by atoms with Gasteiger partial charge >= 0.3 is 12.1 Å². The SMILES string of the molecule is O=C(Cn1cc(NC(=O)OCC2c3ccccc3-c3ccccc32)cn1)NC(CO)C(=O)O. The van der Waals surface area contributed by atoms with Crippen molar-refractivity contribution in [1.29, 1.82) is 0 Å². The van der Waals surface area contributed by atoms with E-state index in [9.17, 15) is 14.4 Å². The zero-order valence-electron chi connectivity index (χ0n) is 17.5. The van der Waals surface area contributed by atoms with Crippen LogP contribution in [0, 0.1) is 0 Å². The van der Waals surface area contributed by atoms with Gasteiger partial charge in [-0.3, -0.25) is 14.8 Å². The number of fused-ring (bicyclic) bond motifs is 3. The minimum absolute atomic E-state index is 0.0664. The Bertz CT molecular complexity index is 1150. The number of amides is 2. The van der Waals surface area contributed by atoms with E-state index in [-0.39, 0.29) is 19.1 Å². The number of aromatic nitrogens is 2. The molecule has 170 valence electrons. The van der Waals surface area contributed by atoms with Crippen LogP contribution in [0.15, 0.2) is 60.9 Å². The molecular formula is C23H22N4O6. The van der Waals surface area contributed by atoms with Gasteiger partial charge in [0, 0.05) is 12.1 Å². The predicted octanol–water partition coefficient (Wildman–Crippen LogP) is 1.81. The van der Waals surface area contributed by atoms with Crippen molar-refractivity contribution in [3.63, 3.8) is 0 Å². The molecule has 3 aromatic rings. The first kappa shape index (κ1) is 22.0. The summed E-state index contributed by atoms with van der Waals surface area (Å²) in [6.45, 7) is -0.848. The molecule has 33 heavy (non-hydrogen) atoms. The highest BCUT2D eigenvalue weighted by molar-refractivity contribution is 5.85. The van der Waals surface area contributed by atoms with Crippen LogP contribution in [0.1, 0.15) is 17.0 Å². The van der Waals surface area contributed by atoms with E-state index in [4.69, 9.17) is 14.9 Å². The molecule has 1 heterocycles. The van der Waals surface area contributed by atoms with Crippen LogP contribution in [-0.2, 0) is 20.9 Å². The van der Waals surface area contributed by atoms with E-state index in [1.807, 2.05) is 36.4 Å². The molecule has 1 aliphatic carbocycles. The topological polar surface area (TPSA) is 143 Å². The first-order valence-corrected chi connectivity index (χ1v) is 10.2. The molecule has 0 spiro atoms. The van der Waals surface area contributed by atoms with Gasteiger partial charge in [-0.1, -0.05) is 48.5 Å². The van der Waals surface area contributed by atoms with Crippen molar-refractivity contribution in [2.75, 3.05) is 18.5 Å². The molecule has 4 N–H and O–H groups in total. The van der Waals surface area contributed by atoms with Crippen molar-refractivity contribution in [2.24, 2.45) is 0 Å². The van der Waals surface area contributed by atoms with Crippen molar-refractivity contribution in [1.82, 2.24) is 15.1 Å². The van der Waals surface area contributed by atoms with Gasteiger partial charge in [-0.25, -0.2) is 9.59 Å². The second-order valence-corrected chi connectivity index (χ2v) is 7.52.